The van der Waals surface area contributed by atoms with Gasteiger partial charge in [0.05, 0.1) is 12.8 Å². The Morgan fingerprint density at radius 1 is 0.923 bits per heavy atom. The van der Waals surface area contributed by atoms with E-state index in [0.29, 0.717) is 0 Å². The van der Waals surface area contributed by atoms with Crippen LogP contribution in [0.1, 0.15) is 30.1 Å². The van der Waals surface area contributed by atoms with Gasteiger partial charge >= 0.3 is 29.8 Å². The van der Waals surface area contributed by atoms with E-state index in [-0.39, 0.29) is 11.3 Å². The zero-order valence-corrected chi connectivity index (χ0v) is 13.4. The fourth-order valence-corrected chi connectivity index (χ4v) is 1.60. The third-order valence-electron chi connectivity index (χ3n) is 2.66. The summed E-state index contributed by atoms with van der Waals surface area (Å²) in [6.07, 6.45) is -2.29. The fraction of sp³-hybridized carbons (Fsp3) is 0.267. The summed E-state index contributed by atoms with van der Waals surface area (Å²) < 4.78 is 4.69. The van der Waals surface area contributed by atoms with E-state index in [9.17, 15) is 24.0 Å². The van der Waals surface area contributed by atoms with Gasteiger partial charge in [-0.15, -0.1) is 0 Å². The van der Waals surface area contributed by atoms with Gasteiger partial charge in [-0.25, -0.2) is 9.59 Å². The number of aliphatic hydroxyl groups is 1. The number of rotatable bonds is 7. The average molecular weight is 372 g/mol. The van der Waals surface area contributed by atoms with E-state index < -0.39 is 48.3 Å². The van der Waals surface area contributed by atoms with E-state index >= 15 is 0 Å². The molecule has 142 valence electrons. The molecular weight excluding hydrogens is 356 g/mol. The maximum atomic E-state index is 10.6. The molecule has 0 heterocycles. The Balaban J connectivity index is 0.000000481. The summed E-state index contributed by atoms with van der Waals surface area (Å²) >= 11 is 0. The maximum absolute atomic E-state index is 10.6. The summed E-state index contributed by atoms with van der Waals surface area (Å²) in [5.74, 6) is -6.59. The van der Waals surface area contributed by atoms with Crippen molar-refractivity contribution < 1.29 is 54.2 Å². The largest absolute Gasteiger partial charge is 0.481 e. The molecule has 0 amide bonds. The average Bonchev–Trinajstić information content (AvgIpc) is 2.45. The summed E-state index contributed by atoms with van der Waals surface area (Å²) in [4.78, 5) is 51.7. The molecular formula is C15H16O11. The van der Waals surface area contributed by atoms with E-state index in [1.165, 1.54) is 19.1 Å². The Morgan fingerprint density at radius 2 is 1.38 bits per heavy atom. The van der Waals surface area contributed by atoms with Gasteiger partial charge in [0.25, 0.3) is 0 Å². The highest BCUT2D eigenvalue weighted by Gasteiger charge is 2.40. The lowest BCUT2D eigenvalue weighted by atomic mass is 9.96. The van der Waals surface area contributed by atoms with Crippen molar-refractivity contribution in [3.63, 3.8) is 0 Å². The molecule has 0 aliphatic rings. The van der Waals surface area contributed by atoms with Crippen LogP contribution in [-0.2, 0) is 19.2 Å². The minimum Gasteiger partial charge on any atom is -0.481 e. The first-order chi connectivity index (χ1) is 11.9. The summed E-state index contributed by atoms with van der Waals surface area (Å²) in [5, 5.41) is 42.5. The number of carboxylic acids is 4. The summed E-state index contributed by atoms with van der Waals surface area (Å²) in [6, 6.07) is 5.98. The van der Waals surface area contributed by atoms with Crippen LogP contribution in [0.3, 0.4) is 0 Å². The first-order valence-electron chi connectivity index (χ1n) is 6.79. The molecule has 0 aliphatic carbocycles. The lowest BCUT2D eigenvalue weighted by Gasteiger charge is -2.18. The number of ether oxygens (including phenoxy) is 1. The van der Waals surface area contributed by atoms with Crippen LogP contribution >= 0.6 is 0 Å². The van der Waals surface area contributed by atoms with E-state index in [2.05, 4.69) is 4.74 Å². The van der Waals surface area contributed by atoms with Crippen molar-refractivity contribution >= 4 is 29.8 Å². The molecule has 26 heavy (non-hydrogen) atoms. The predicted molar refractivity (Wildman–Crippen MR) is 81.8 cm³/mol. The van der Waals surface area contributed by atoms with Crippen LogP contribution in [0.2, 0.25) is 0 Å². The minimum absolute atomic E-state index is 0.0160. The van der Waals surface area contributed by atoms with E-state index in [1.54, 1.807) is 12.1 Å². The summed E-state index contributed by atoms with van der Waals surface area (Å²) in [6.45, 7) is 1.22. The second kappa shape index (κ2) is 9.74. The third kappa shape index (κ3) is 7.88. The van der Waals surface area contributed by atoms with Gasteiger partial charge in [-0.3, -0.25) is 14.4 Å². The van der Waals surface area contributed by atoms with Gasteiger partial charge in [-0.2, -0.15) is 0 Å². The molecule has 11 heteroatoms. The van der Waals surface area contributed by atoms with Crippen molar-refractivity contribution in [3.8, 4) is 5.75 Å². The quantitative estimate of drug-likeness (QED) is 0.320. The lowest BCUT2D eigenvalue weighted by Crippen LogP contribution is -2.42. The lowest BCUT2D eigenvalue weighted by molar-refractivity contribution is -0.170. The number of carboxylic acid groups (broad SMARTS) is 4. The highest BCUT2D eigenvalue weighted by Crippen LogP contribution is 2.17. The Labute approximate surface area is 146 Å². The highest BCUT2D eigenvalue weighted by atomic mass is 16.5. The predicted octanol–water partition coefficient (Wildman–Crippen LogP) is 0.0616. The Morgan fingerprint density at radius 3 is 1.73 bits per heavy atom. The van der Waals surface area contributed by atoms with Gasteiger partial charge in [0.15, 0.2) is 5.60 Å². The van der Waals surface area contributed by atoms with Gasteiger partial charge in [-0.1, -0.05) is 12.1 Å². The number of hydrogen-bond acceptors (Lipinski definition) is 7. The van der Waals surface area contributed by atoms with Crippen molar-refractivity contribution in [2.75, 3.05) is 0 Å². The second-order valence-corrected chi connectivity index (χ2v) is 4.87. The highest BCUT2D eigenvalue weighted by molar-refractivity contribution is 5.91. The Hall–Kier alpha value is -3.47. The van der Waals surface area contributed by atoms with Crippen LogP contribution in [0.25, 0.3) is 0 Å². The first-order valence-corrected chi connectivity index (χ1v) is 6.79. The monoisotopic (exact) mass is 372 g/mol. The second-order valence-electron chi connectivity index (χ2n) is 4.87. The van der Waals surface area contributed by atoms with Gasteiger partial charge in [0.2, 0.25) is 0 Å². The maximum Gasteiger partial charge on any atom is 0.339 e. The van der Waals surface area contributed by atoms with Crippen LogP contribution < -0.4 is 4.74 Å². The van der Waals surface area contributed by atoms with E-state index in [4.69, 9.17) is 25.5 Å². The smallest absolute Gasteiger partial charge is 0.339 e. The number of para-hydroxylation sites is 1. The zero-order chi connectivity index (χ0) is 20.5. The molecule has 0 spiro atoms. The van der Waals surface area contributed by atoms with Crippen LogP contribution in [0, 0.1) is 0 Å². The zero-order valence-electron chi connectivity index (χ0n) is 13.4. The van der Waals surface area contributed by atoms with Crippen LogP contribution in [-0.4, -0.2) is 61.0 Å². The number of esters is 1. The molecule has 5 N–H and O–H groups in total. The van der Waals surface area contributed by atoms with Crippen LogP contribution in [0.15, 0.2) is 24.3 Å². The van der Waals surface area contributed by atoms with Gasteiger partial charge in [0, 0.05) is 6.92 Å². The molecule has 0 saturated carbocycles. The Bertz CT molecular complexity index is 691. The van der Waals surface area contributed by atoms with E-state index in [1.807, 2.05) is 0 Å². The number of benzene rings is 1. The van der Waals surface area contributed by atoms with Crippen LogP contribution in [0.4, 0.5) is 0 Å². The third-order valence-corrected chi connectivity index (χ3v) is 2.66. The van der Waals surface area contributed by atoms with E-state index in [0.717, 1.165) is 0 Å². The minimum atomic E-state index is -2.74. The molecule has 1 aromatic carbocycles. The molecule has 1 aromatic rings. The van der Waals surface area contributed by atoms with Gasteiger partial charge in [-0.05, 0) is 12.1 Å². The molecule has 1 rings (SSSR count). The molecule has 0 radical (unpaired) electrons. The number of carbonyl (C=O) groups excluding carboxylic acids is 1. The van der Waals surface area contributed by atoms with Crippen molar-refractivity contribution in [1.29, 1.82) is 0 Å². The van der Waals surface area contributed by atoms with Crippen LogP contribution in [0.5, 0.6) is 5.75 Å². The number of aromatic carboxylic acids is 1. The topological polar surface area (TPSA) is 196 Å². The molecule has 11 nitrogen and oxygen atoms in total. The van der Waals surface area contributed by atoms with Gasteiger partial charge in [0.1, 0.15) is 11.3 Å². The normalized spacial score (nSPS) is 10.1. The molecule has 0 unspecified atom stereocenters. The van der Waals surface area contributed by atoms with Crippen molar-refractivity contribution in [1.82, 2.24) is 0 Å². The summed E-state index contributed by atoms with van der Waals surface area (Å²) in [5.41, 5.74) is -2.75. The standard InChI is InChI=1S/C9H8O4.C6H8O7/c1-6(10)13-8-5-3-2-4-7(8)9(11)12;7-3(8)1-6(13,5(11)12)2-4(9)10/h2-5H,1H3,(H,11,12);13H,1-2H2,(H,7,8)(H,9,10)(H,11,12). The number of carbonyl (C=O) groups is 5. The molecule has 0 fully saturated rings. The number of aliphatic carboxylic acids is 3. The molecule has 0 bridgehead atoms. The molecule has 0 aromatic heterocycles. The SMILES string of the molecule is CC(=O)Oc1ccccc1C(=O)O.O=C(O)CC(O)(CC(=O)O)C(=O)O. The van der Waals surface area contributed by atoms with Crippen molar-refractivity contribution in [2.45, 2.75) is 25.4 Å². The molecule has 0 atom stereocenters. The van der Waals surface area contributed by atoms with Crippen molar-refractivity contribution in [3.05, 3.63) is 29.8 Å². The summed E-state index contributed by atoms with van der Waals surface area (Å²) in [7, 11) is 0. The first kappa shape index (κ1) is 22.5. The van der Waals surface area contributed by atoms with Gasteiger partial charge < -0.3 is 30.3 Å². The molecule has 0 aliphatic heterocycles. The fourth-order valence-electron chi connectivity index (χ4n) is 1.60. The Kier molecular flexibility index (Phi) is 8.44. The van der Waals surface area contributed by atoms with Crippen molar-refractivity contribution in [2.24, 2.45) is 0 Å². The molecule has 0 saturated heterocycles. The number of hydrogen-bond donors (Lipinski definition) is 5.